The summed E-state index contributed by atoms with van der Waals surface area (Å²) in [5.41, 5.74) is 2.81. The summed E-state index contributed by atoms with van der Waals surface area (Å²) in [4.78, 5) is 2.54. The lowest BCUT2D eigenvalue weighted by atomic mass is 10.1. The van der Waals surface area contributed by atoms with Crippen molar-refractivity contribution in [3.8, 4) is 0 Å². The predicted octanol–water partition coefficient (Wildman–Crippen LogP) is 2.16. The Kier molecular flexibility index (Phi) is 4.49. The minimum Gasteiger partial charge on any atom is -0.380 e. The number of rotatable bonds is 5. The minimum atomic E-state index is 0.546. The molecule has 2 aliphatic heterocycles. The van der Waals surface area contributed by atoms with E-state index >= 15 is 0 Å². The Bertz CT molecular complexity index is 378. The van der Waals surface area contributed by atoms with Gasteiger partial charge in [-0.3, -0.25) is 4.90 Å². The molecule has 2 fully saturated rings. The van der Waals surface area contributed by atoms with Gasteiger partial charge < -0.3 is 10.1 Å². The lowest BCUT2D eigenvalue weighted by Crippen LogP contribution is -2.28. The summed E-state index contributed by atoms with van der Waals surface area (Å²) in [5.74, 6) is 0. The Morgan fingerprint density at radius 1 is 1.11 bits per heavy atom. The van der Waals surface area contributed by atoms with E-state index in [4.69, 9.17) is 4.74 Å². The first kappa shape index (κ1) is 13.1. The van der Waals surface area contributed by atoms with Crippen LogP contribution >= 0.6 is 0 Å². The van der Waals surface area contributed by atoms with Gasteiger partial charge in [0.25, 0.3) is 0 Å². The second-order valence-corrected chi connectivity index (χ2v) is 5.74. The van der Waals surface area contributed by atoms with Gasteiger partial charge in [-0.05, 0) is 43.5 Å². The van der Waals surface area contributed by atoms with Crippen molar-refractivity contribution in [3.05, 3.63) is 35.4 Å². The van der Waals surface area contributed by atoms with Crippen molar-refractivity contribution in [1.82, 2.24) is 10.2 Å². The summed E-state index contributed by atoms with van der Waals surface area (Å²) in [6, 6.07) is 9.62. The van der Waals surface area contributed by atoms with E-state index in [1.807, 2.05) is 0 Å². The molecule has 3 heteroatoms. The fourth-order valence-electron chi connectivity index (χ4n) is 2.92. The zero-order valence-corrected chi connectivity index (χ0v) is 11.6. The summed E-state index contributed by atoms with van der Waals surface area (Å²) in [7, 11) is 0. The van der Waals surface area contributed by atoms with Gasteiger partial charge in [0.05, 0.1) is 6.61 Å². The van der Waals surface area contributed by atoms with E-state index in [1.54, 1.807) is 0 Å². The van der Waals surface area contributed by atoms with Crippen molar-refractivity contribution >= 4 is 0 Å². The zero-order valence-electron chi connectivity index (χ0n) is 11.6. The largest absolute Gasteiger partial charge is 0.380 e. The first-order valence-electron chi connectivity index (χ1n) is 7.51. The predicted molar refractivity (Wildman–Crippen MR) is 77.0 cm³/mol. The quantitative estimate of drug-likeness (QED) is 0.878. The van der Waals surface area contributed by atoms with Crippen LogP contribution in [0.3, 0.4) is 0 Å². The molecule has 1 aromatic rings. The average molecular weight is 260 g/mol. The van der Waals surface area contributed by atoms with Gasteiger partial charge in [0.2, 0.25) is 0 Å². The third-order valence-corrected chi connectivity index (χ3v) is 4.15. The number of nitrogens with zero attached hydrogens (tertiary/aromatic N) is 1. The first-order chi connectivity index (χ1) is 9.40. The van der Waals surface area contributed by atoms with E-state index in [-0.39, 0.29) is 0 Å². The Hall–Kier alpha value is -0.900. The fourth-order valence-corrected chi connectivity index (χ4v) is 2.92. The summed E-state index contributed by atoms with van der Waals surface area (Å²) in [5, 5.41) is 3.56. The van der Waals surface area contributed by atoms with Crippen molar-refractivity contribution in [2.75, 3.05) is 26.3 Å². The van der Waals surface area contributed by atoms with Crippen LogP contribution in [-0.4, -0.2) is 37.2 Å². The topological polar surface area (TPSA) is 24.5 Å². The Morgan fingerprint density at radius 3 is 2.53 bits per heavy atom. The van der Waals surface area contributed by atoms with Gasteiger partial charge in [0, 0.05) is 25.7 Å². The maximum atomic E-state index is 5.37. The lowest BCUT2D eigenvalue weighted by molar-refractivity contribution is 0.190. The van der Waals surface area contributed by atoms with Crippen molar-refractivity contribution in [3.63, 3.8) is 0 Å². The van der Waals surface area contributed by atoms with Crippen LogP contribution in [0.15, 0.2) is 24.3 Å². The molecule has 0 radical (unpaired) electrons. The van der Waals surface area contributed by atoms with Crippen molar-refractivity contribution in [1.29, 1.82) is 0 Å². The van der Waals surface area contributed by atoms with Crippen LogP contribution in [0.5, 0.6) is 0 Å². The molecule has 19 heavy (non-hydrogen) atoms. The number of ether oxygens (including phenoxy) is 1. The van der Waals surface area contributed by atoms with Gasteiger partial charge in [0.1, 0.15) is 0 Å². The van der Waals surface area contributed by atoms with Crippen LogP contribution < -0.4 is 5.32 Å². The monoisotopic (exact) mass is 260 g/mol. The van der Waals surface area contributed by atoms with Crippen molar-refractivity contribution in [2.45, 2.75) is 38.4 Å². The molecule has 2 saturated heterocycles. The highest BCUT2D eigenvalue weighted by Crippen LogP contribution is 2.13. The normalized spacial score (nSPS) is 24.1. The molecule has 0 aliphatic carbocycles. The molecule has 3 rings (SSSR count). The zero-order chi connectivity index (χ0) is 12.9. The number of benzene rings is 1. The van der Waals surface area contributed by atoms with E-state index in [0.29, 0.717) is 6.04 Å². The van der Waals surface area contributed by atoms with Gasteiger partial charge in [-0.1, -0.05) is 24.3 Å². The van der Waals surface area contributed by atoms with E-state index in [1.165, 1.54) is 37.1 Å². The second-order valence-electron chi connectivity index (χ2n) is 5.74. The number of nitrogens with one attached hydrogen (secondary N) is 1. The summed E-state index contributed by atoms with van der Waals surface area (Å²) in [6.45, 7) is 6.39. The third kappa shape index (κ3) is 3.78. The van der Waals surface area contributed by atoms with Crippen LogP contribution in [0.2, 0.25) is 0 Å². The molecule has 2 heterocycles. The molecule has 0 saturated carbocycles. The van der Waals surface area contributed by atoms with E-state index < -0.39 is 0 Å². The van der Waals surface area contributed by atoms with Crippen molar-refractivity contribution in [2.24, 2.45) is 0 Å². The smallest absolute Gasteiger partial charge is 0.0620 e. The van der Waals surface area contributed by atoms with E-state index in [9.17, 15) is 0 Å². The van der Waals surface area contributed by atoms with Gasteiger partial charge in [-0.2, -0.15) is 0 Å². The average Bonchev–Trinajstić information content (AvgIpc) is 3.11. The fraction of sp³-hybridized carbons (Fsp3) is 0.625. The molecule has 3 nitrogen and oxygen atoms in total. The molecule has 1 aromatic carbocycles. The molecule has 104 valence electrons. The highest BCUT2D eigenvalue weighted by atomic mass is 16.5. The first-order valence-corrected chi connectivity index (χ1v) is 7.51. The van der Waals surface area contributed by atoms with Crippen LogP contribution in [0.25, 0.3) is 0 Å². The number of hydrogen-bond donors (Lipinski definition) is 1. The maximum Gasteiger partial charge on any atom is 0.0620 e. The second kappa shape index (κ2) is 6.51. The van der Waals surface area contributed by atoms with Gasteiger partial charge in [0.15, 0.2) is 0 Å². The molecule has 0 bridgehead atoms. The van der Waals surface area contributed by atoms with Crippen LogP contribution in [0, 0.1) is 0 Å². The summed E-state index contributed by atoms with van der Waals surface area (Å²) in [6.07, 6.45) is 3.88. The van der Waals surface area contributed by atoms with Gasteiger partial charge in [-0.15, -0.1) is 0 Å². The van der Waals surface area contributed by atoms with Gasteiger partial charge in [-0.25, -0.2) is 0 Å². The highest BCUT2D eigenvalue weighted by Gasteiger charge is 2.14. The molecule has 0 amide bonds. The van der Waals surface area contributed by atoms with Crippen LogP contribution in [0.4, 0.5) is 0 Å². The van der Waals surface area contributed by atoms with Crippen molar-refractivity contribution < 1.29 is 4.74 Å². The van der Waals surface area contributed by atoms with E-state index in [2.05, 4.69) is 34.5 Å². The Morgan fingerprint density at radius 2 is 1.84 bits per heavy atom. The molecule has 1 atom stereocenters. The summed E-state index contributed by atoms with van der Waals surface area (Å²) >= 11 is 0. The lowest BCUT2D eigenvalue weighted by Gasteiger charge is -2.15. The SMILES string of the molecule is c1cc(CN2CCCC2)ccc1CN[C@@H]1CCOC1. The molecule has 0 spiro atoms. The Balaban J connectivity index is 1.47. The maximum absolute atomic E-state index is 5.37. The van der Waals surface area contributed by atoms with E-state index in [0.717, 1.165) is 32.7 Å². The van der Waals surface area contributed by atoms with Crippen LogP contribution in [0.1, 0.15) is 30.4 Å². The molecule has 0 unspecified atom stereocenters. The molecular weight excluding hydrogens is 236 g/mol. The molecule has 1 N–H and O–H groups in total. The van der Waals surface area contributed by atoms with Crippen LogP contribution in [-0.2, 0) is 17.8 Å². The molecule has 2 aliphatic rings. The third-order valence-electron chi connectivity index (χ3n) is 4.15. The summed E-state index contributed by atoms with van der Waals surface area (Å²) < 4.78 is 5.37. The molecular formula is C16H24N2O. The number of hydrogen-bond acceptors (Lipinski definition) is 3. The molecule has 0 aromatic heterocycles. The Labute approximate surface area is 115 Å². The minimum absolute atomic E-state index is 0.546. The highest BCUT2D eigenvalue weighted by molar-refractivity contribution is 5.22. The standard InChI is InChI=1S/C16H24N2O/c1-2-9-18(8-1)12-15-5-3-14(4-6-15)11-17-16-7-10-19-13-16/h3-6,16-17H,1-2,7-13H2/t16-/m1/s1. The van der Waals surface area contributed by atoms with Gasteiger partial charge >= 0.3 is 0 Å². The number of likely N-dealkylation sites (tertiary alicyclic amines) is 1.